The molecule has 0 saturated carbocycles. The first kappa shape index (κ1) is 72.7. The van der Waals surface area contributed by atoms with Gasteiger partial charge in [-0.3, -0.25) is 0 Å². The maximum atomic E-state index is 12.4. The van der Waals surface area contributed by atoms with Crippen molar-refractivity contribution in [3.63, 3.8) is 0 Å². The van der Waals surface area contributed by atoms with Gasteiger partial charge >= 0.3 is 0 Å². The number of nitrogens with zero attached hydrogens (tertiary/aromatic N) is 7. The van der Waals surface area contributed by atoms with Crippen molar-refractivity contribution in [2.75, 3.05) is 9.80 Å². The van der Waals surface area contributed by atoms with Gasteiger partial charge in [0.15, 0.2) is 0 Å². The number of para-hydroxylation sites is 8. The number of anilines is 6. The average Bonchev–Trinajstić information content (AvgIpc) is 0.844. The average molecular weight is 1750 g/mol. The molecule has 0 saturated heterocycles. The van der Waals surface area contributed by atoms with Gasteiger partial charge in [-0.15, -0.1) is 0 Å². The summed E-state index contributed by atoms with van der Waals surface area (Å²) in [6.45, 7) is 12.3. The Morgan fingerprint density at radius 2 is 0.471 bits per heavy atom. The fourth-order valence-electron chi connectivity index (χ4n) is 22.4. The third kappa shape index (κ3) is 12.1. The third-order valence-electron chi connectivity index (χ3n) is 28.7. The molecule has 2 aliphatic rings. The molecule has 7 nitrogen and oxygen atoms in total. The van der Waals surface area contributed by atoms with E-state index in [0.717, 1.165) is 204 Å². The number of hydrogen-bond donors (Lipinski definition) is 0. The molecule has 2 aliphatic heterocycles. The van der Waals surface area contributed by atoms with Crippen LogP contribution in [-0.2, 0) is 10.8 Å². The van der Waals surface area contributed by atoms with Gasteiger partial charge in [0.1, 0.15) is 0 Å². The molecule has 0 bridgehead atoms. The highest BCUT2D eigenvalue weighted by atomic mass is 15.2. The van der Waals surface area contributed by atoms with Crippen LogP contribution in [-0.4, -0.2) is 29.5 Å². The number of rotatable bonds is 12. The summed E-state index contributed by atoms with van der Waals surface area (Å²) in [5.74, 6) is 0. The van der Waals surface area contributed by atoms with Crippen LogP contribution in [0.3, 0.4) is 0 Å². The van der Waals surface area contributed by atoms with Gasteiger partial charge in [-0.25, -0.2) is 0 Å². The van der Waals surface area contributed by atoms with E-state index < -0.39 is 17.5 Å². The molecular formula is C128H92BN7. The lowest BCUT2D eigenvalue weighted by Crippen LogP contribution is -2.61. The Balaban J connectivity index is 0.838. The molecule has 8 heteroatoms. The van der Waals surface area contributed by atoms with Gasteiger partial charge in [-0.05, 0) is 235 Å². The molecule has 0 fully saturated rings. The van der Waals surface area contributed by atoms with Crippen LogP contribution in [0, 0.1) is 0 Å². The van der Waals surface area contributed by atoms with Crippen molar-refractivity contribution in [2.24, 2.45) is 0 Å². The Labute approximate surface area is 798 Å². The highest BCUT2D eigenvalue weighted by molar-refractivity contribution is 7.00. The van der Waals surface area contributed by atoms with E-state index >= 15 is 0 Å². The van der Waals surface area contributed by atoms with Crippen LogP contribution in [0.15, 0.2) is 449 Å². The van der Waals surface area contributed by atoms with Crippen molar-refractivity contribution in [3.8, 4) is 84.1 Å². The minimum Gasteiger partial charge on any atom is -0.310 e. The molecule has 27 rings (SSSR count). The predicted molar refractivity (Wildman–Crippen MR) is 577 cm³/mol. The normalized spacial score (nSPS) is 13.4. The minimum absolute atomic E-state index is 0.0406. The van der Waals surface area contributed by atoms with Crippen molar-refractivity contribution in [1.29, 1.82) is 0 Å². The minimum atomic E-state index is -1.25. The zero-order chi connectivity index (χ0) is 95.7. The maximum Gasteiger partial charge on any atom is 0.252 e. The highest BCUT2D eigenvalue weighted by Crippen LogP contribution is 2.57. The van der Waals surface area contributed by atoms with Gasteiger partial charge in [-0.2, -0.15) is 0 Å². The second-order valence-corrected chi connectivity index (χ2v) is 38.6. The molecule has 0 spiro atoms. The lowest BCUT2D eigenvalue weighted by molar-refractivity contribution is 0.590. The zero-order valence-electron chi connectivity index (χ0n) is 82.0. The van der Waals surface area contributed by atoms with Crippen LogP contribution in [0.1, 0.15) is 60.9 Å². The molecule has 20 aromatic carbocycles. The first-order valence-electron chi connectivity index (χ1n) is 50.1. The van der Waals surface area contributed by atoms with Crippen LogP contribution >= 0.6 is 0 Å². The molecule has 0 N–H and O–H groups in total. The third-order valence-corrected chi connectivity index (χ3v) is 28.7. The molecule has 0 amide bonds. The summed E-state index contributed by atoms with van der Waals surface area (Å²) in [7, 11) is 0. The van der Waals surface area contributed by atoms with E-state index in [1.807, 2.05) is 12.1 Å². The molecule has 642 valence electrons. The first-order chi connectivity index (χ1) is 69.3. The van der Waals surface area contributed by atoms with Gasteiger partial charge in [0.25, 0.3) is 6.71 Å². The summed E-state index contributed by atoms with van der Waals surface area (Å²) in [6.07, 6.45) is 0. The Hall–Kier alpha value is -16.9. The van der Waals surface area contributed by atoms with Gasteiger partial charge in [-0.1, -0.05) is 327 Å². The van der Waals surface area contributed by atoms with E-state index in [9.17, 15) is 8.22 Å². The molecular weight excluding hydrogens is 1650 g/mol. The Morgan fingerprint density at radius 1 is 0.206 bits per heavy atom. The highest BCUT2D eigenvalue weighted by Gasteiger charge is 2.47. The molecule has 0 atom stereocenters. The molecule has 0 radical (unpaired) electrons. The van der Waals surface area contributed by atoms with E-state index in [1.54, 1.807) is 0 Å². The fraction of sp³-hybridized carbons (Fsp3) is 0.0625. The first-order valence-corrected chi connectivity index (χ1v) is 47.1. The van der Waals surface area contributed by atoms with Gasteiger partial charge in [0, 0.05) is 127 Å². The van der Waals surface area contributed by atoms with Crippen molar-refractivity contribution >= 4 is 166 Å². The molecule has 7 heterocycles. The largest absolute Gasteiger partial charge is 0.310 e. The van der Waals surface area contributed by atoms with Crippen molar-refractivity contribution in [1.82, 2.24) is 22.8 Å². The second-order valence-electron chi connectivity index (χ2n) is 38.6. The van der Waals surface area contributed by atoms with Crippen molar-refractivity contribution < 1.29 is 8.22 Å². The quantitative estimate of drug-likeness (QED) is 0.114. The topological polar surface area (TPSA) is 31.1 Å². The molecule has 0 unspecified atom stereocenters. The Kier molecular flexibility index (Phi) is 16.2. The van der Waals surface area contributed by atoms with Crippen molar-refractivity contribution in [2.45, 2.75) is 52.4 Å². The van der Waals surface area contributed by atoms with Crippen molar-refractivity contribution in [3.05, 3.63) is 460 Å². The SMILES string of the molecule is [2H]c1c([2H])c(-n2c3ccccc3c3cc(-n4c5ccccc5c5ccccc54)ccc32)c([2H])c2c1B1c3c(cc(-c4ccc5c(c4)c4ccccc4n5-c4ccccc4)cc3N(c3c(-c4ccccc4)cc(C(C)(C)C)cc3-c3ccccc3)c3c([2H])c(-n4c5ccccc5c5cc(-n6c7ccccc7c7ccccc76)ccc54)c([2H])c([2H])c31)N2c1c(-c2ccccc2)cc(C(C)(C)C)cc1-c1ccccc1. The standard InChI is InChI=1S/C128H92BN7/c1-127(2,3)87-73-101(81-36-12-7-13-37-81)125(102(74-87)82-38-14-8-15-39-82)135-120-79-92(133-115-58-34-27-51-99(115)106-77-90(63-68-118(106)133)131-110-53-29-22-46-94(110)95-47-23-30-54-111(95)131)61-65-108(120)129-109-66-62-93(134-116-59-35-28-52-100(116)107-78-91(64-69-119(107)134)132-112-55-31-24-48-96(112)97-49-25-32-56-113(97)132)80-121(109)136(126-103(83-40-16-9-17-41-83)75-88(128(4,5)6)76-104(126)84-42-18-10-19-43-84)123-72-86(71-122(135)124(123)129)85-60-67-117-105(70-85)98-50-26-33-57-114(98)130(117)89-44-20-11-21-45-89/h7-80H,1-6H3/i61D,62D,65D,66D,79D,80D. The van der Waals surface area contributed by atoms with E-state index in [2.05, 4.69) is 475 Å². The number of hydrogen-bond acceptors (Lipinski definition) is 2. The summed E-state index contributed by atoms with van der Waals surface area (Å²) < 4.78 is 82.9. The lowest BCUT2D eigenvalue weighted by Gasteiger charge is -2.46. The van der Waals surface area contributed by atoms with Crippen LogP contribution in [0.25, 0.3) is 193 Å². The van der Waals surface area contributed by atoms with E-state index in [-0.39, 0.29) is 58.6 Å². The fourth-order valence-corrected chi connectivity index (χ4v) is 22.4. The molecule has 0 aliphatic carbocycles. The smallest absolute Gasteiger partial charge is 0.252 e. The van der Waals surface area contributed by atoms with E-state index in [4.69, 9.17) is 0 Å². The summed E-state index contributed by atoms with van der Waals surface area (Å²) >= 11 is 0. The van der Waals surface area contributed by atoms with Crippen LogP contribution in [0.2, 0.25) is 0 Å². The zero-order valence-corrected chi connectivity index (χ0v) is 76.0. The molecule has 25 aromatic rings. The predicted octanol–water partition coefficient (Wildman–Crippen LogP) is 32.2. The molecule has 5 aromatic heterocycles. The Bertz CT molecular complexity index is 8960. The number of fused-ring (bicyclic) bond motifs is 19. The summed E-state index contributed by atoms with van der Waals surface area (Å²) in [5.41, 5.74) is 27.1. The summed E-state index contributed by atoms with van der Waals surface area (Å²) in [4.78, 5) is 4.61. The Morgan fingerprint density at radius 3 is 0.794 bits per heavy atom. The monoisotopic (exact) mass is 1740 g/mol. The van der Waals surface area contributed by atoms with Crippen LogP contribution < -0.4 is 26.2 Å². The maximum absolute atomic E-state index is 12.4. The van der Waals surface area contributed by atoms with Gasteiger partial charge < -0.3 is 32.6 Å². The lowest BCUT2D eigenvalue weighted by atomic mass is 9.33. The number of benzene rings is 20. The van der Waals surface area contributed by atoms with Crippen LogP contribution in [0.4, 0.5) is 34.1 Å². The molecule has 136 heavy (non-hydrogen) atoms. The summed E-state index contributed by atoms with van der Waals surface area (Å²) in [6, 6.07) is 145. The number of aromatic nitrogens is 5. The van der Waals surface area contributed by atoms with E-state index in [1.165, 1.54) is 0 Å². The van der Waals surface area contributed by atoms with Gasteiger partial charge in [0.2, 0.25) is 0 Å². The van der Waals surface area contributed by atoms with E-state index in [0.29, 0.717) is 28.2 Å². The second kappa shape index (κ2) is 30.3. The van der Waals surface area contributed by atoms with Crippen LogP contribution in [0.5, 0.6) is 0 Å². The summed E-state index contributed by atoms with van der Waals surface area (Å²) in [5, 5.41) is 10.2. The van der Waals surface area contributed by atoms with Gasteiger partial charge in [0.05, 0.1) is 74.8 Å².